The number of rotatable bonds is 7. The third-order valence-electron chi connectivity index (χ3n) is 3.15. The first-order valence-corrected chi connectivity index (χ1v) is 9.30. The van der Waals surface area contributed by atoms with Gasteiger partial charge < -0.3 is 5.32 Å². The number of aryl methyl sites for hydroxylation is 1. The van der Waals surface area contributed by atoms with E-state index < -0.39 is 10.0 Å². The summed E-state index contributed by atoms with van der Waals surface area (Å²) in [4.78, 5) is 0. The minimum Gasteiger partial charge on any atom is -0.338 e. The van der Waals surface area contributed by atoms with Crippen LogP contribution in [0.1, 0.15) is 25.3 Å². The SMILES string of the molecule is CCCCS(=O)(=O)Nc1ccc(Nc2cc(Cl)ccc2C)nn1. The summed E-state index contributed by atoms with van der Waals surface area (Å²) < 4.78 is 26.0. The Labute approximate surface area is 141 Å². The first-order chi connectivity index (χ1) is 10.9. The van der Waals surface area contributed by atoms with Gasteiger partial charge in [-0.15, -0.1) is 10.2 Å². The van der Waals surface area contributed by atoms with E-state index >= 15 is 0 Å². The van der Waals surface area contributed by atoms with Crippen LogP contribution >= 0.6 is 11.6 Å². The molecule has 124 valence electrons. The van der Waals surface area contributed by atoms with Crippen LogP contribution in [0, 0.1) is 6.92 Å². The highest BCUT2D eigenvalue weighted by molar-refractivity contribution is 7.92. The summed E-state index contributed by atoms with van der Waals surface area (Å²) in [6.07, 6.45) is 1.42. The van der Waals surface area contributed by atoms with E-state index in [1.165, 1.54) is 0 Å². The van der Waals surface area contributed by atoms with Crippen LogP contribution in [0.15, 0.2) is 30.3 Å². The fourth-order valence-corrected chi connectivity index (χ4v) is 3.24. The maximum atomic E-state index is 11.8. The Balaban J connectivity index is 2.06. The molecule has 0 unspecified atom stereocenters. The highest BCUT2D eigenvalue weighted by atomic mass is 35.5. The molecule has 0 atom stereocenters. The number of sulfonamides is 1. The van der Waals surface area contributed by atoms with Crippen molar-refractivity contribution in [2.75, 3.05) is 15.8 Å². The molecule has 6 nitrogen and oxygen atoms in total. The molecule has 0 saturated heterocycles. The lowest BCUT2D eigenvalue weighted by Crippen LogP contribution is -2.17. The van der Waals surface area contributed by atoms with E-state index in [0.717, 1.165) is 17.7 Å². The second kappa shape index (κ2) is 7.61. The maximum absolute atomic E-state index is 11.8. The number of anilines is 3. The Hall–Kier alpha value is -1.86. The van der Waals surface area contributed by atoms with Crippen LogP contribution in [0.25, 0.3) is 0 Å². The van der Waals surface area contributed by atoms with Crippen molar-refractivity contribution >= 4 is 38.9 Å². The lowest BCUT2D eigenvalue weighted by molar-refractivity contribution is 0.597. The summed E-state index contributed by atoms with van der Waals surface area (Å²) in [5.41, 5.74) is 1.84. The van der Waals surface area contributed by atoms with Crippen molar-refractivity contribution < 1.29 is 8.42 Å². The van der Waals surface area contributed by atoms with E-state index in [4.69, 9.17) is 11.6 Å². The first kappa shape index (κ1) is 17.5. The van der Waals surface area contributed by atoms with Crippen molar-refractivity contribution in [2.45, 2.75) is 26.7 Å². The van der Waals surface area contributed by atoms with Gasteiger partial charge in [0.15, 0.2) is 11.6 Å². The smallest absolute Gasteiger partial charge is 0.233 e. The molecule has 1 heterocycles. The van der Waals surface area contributed by atoms with E-state index in [2.05, 4.69) is 20.2 Å². The van der Waals surface area contributed by atoms with Crippen molar-refractivity contribution in [3.63, 3.8) is 0 Å². The van der Waals surface area contributed by atoms with Crippen LogP contribution in [0.2, 0.25) is 5.02 Å². The zero-order valence-electron chi connectivity index (χ0n) is 13.0. The normalized spacial score (nSPS) is 11.3. The number of hydrogen-bond acceptors (Lipinski definition) is 5. The maximum Gasteiger partial charge on any atom is 0.233 e. The molecule has 0 spiro atoms. The summed E-state index contributed by atoms with van der Waals surface area (Å²) in [6.45, 7) is 3.88. The Bertz CT molecular complexity index is 764. The highest BCUT2D eigenvalue weighted by Crippen LogP contribution is 2.23. The van der Waals surface area contributed by atoms with Gasteiger partial charge >= 0.3 is 0 Å². The van der Waals surface area contributed by atoms with Crippen molar-refractivity contribution in [2.24, 2.45) is 0 Å². The molecule has 1 aromatic heterocycles. The van der Waals surface area contributed by atoms with Crippen molar-refractivity contribution in [1.29, 1.82) is 0 Å². The predicted molar refractivity (Wildman–Crippen MR) is 93.8 cm³/mol. The van der Waals surface area contributed by atoms with Crippen molar-refractivity contribution in [1.82, 2.24) is 10.2 Å². The van der Waals surface area contributed by atoms with Gasteiger partial charge in [-0.2, -0.15) is 0 Å². The van der Waals surface area contributed by atoms with E-state index in [9.17, 15) is 8.42 Å². The van der Waals surface area contributed by atoms with Crippen LogP contribution in [-0.4, -0.2) is 24.4 Å². The number of halogens is 1. The van der Waals surface area contributed by atoms with Crippen LogP contribution < -0.4 is 10.0 Å². The Morgan fingerprint density at radius 2 is 1.83 bits per heavy atom. The number of unbranched alkanes of at least 4 members (excludes halogenated alkanes) is 1. The van der Waals surface area contributed by atoms with Gasteiger partial charge in [0.1, 0.15) is 0 Å². The number of nitrogens with zero attached hydrogens (tertiary/aromatic N) is 2. The van der Waals surface area contributed by atoms with Crippen molar-refractivity contribution in [3.8, 4) is 0 Å². The minimum atomic E-state index is -3.37. The van der Waals surface area contributed by atoms with E-state index in [1.807, 2.05) is 26.0 Å². The molecule has 8 heteroatoms. The summed E-state index contributed by atoms with van der Waals surface area (Å²) in [6, 6.07) is 8.72. The Kier molecular flexibility index (Phi) is 5.79. The number of aromatic nitrogens is 2. The highest BCUT2D eigenvalue weighted by Gasteiger charge is 2.11. The quantitative estimate of drug-likeness (QED) is 0.791. The standard InChI is InChI=1S/C15H19ClN4O2S/c1-3-4-9-23(21,22)20-15-8-7-14(18-19-15)17-13-10-12(16)6-5-11(13)2/h5-8,10H,3-4,9H2,1-2H3,(H,17,18)(H,19,20). The molecule has 0 fully saturated rings. The topological polar surface area (TPSA) is 84.0 Å². The Morgan fingerprint density at radius 3 is 2.48 bits per heavy atom. The molecule has 0 aliphatic carbocycles. The molecular formula is C15H19ClN4O2S. The average molecular weight is 355 g/mol. The van der Waals surface area contributed by atoms with Gasteiger partial charge in [0.25, 0.3) is 0 Å². The molecular weight excluding hydrogens is 336 g/mol. The fourth-order valence-electron chi connectivity index (χ4n) is 1.86. The zero-order chi connectivity index (χ0) is 16.9. The molecule has 2 rings (SSSR count). The van der Waals surface area contributed by atoms with E-state index in [0.29, 0.717) is 17.3 Å². The first-order valence-electron chi connectivity index (χ1n) is 7.27. The predicted octanol–water partition coefficient (Wildman–Crippen LogP) is 3.72. The molecule has 0 aliphatic heterocycles. The number of hydrogen-bond donors (Lipinski definition) is 2. The van der Waals surface area contributed by atoms with Crippen LogP contribution in [0.5, 0.6) is 0 Å². The van der Waals surface area contributed by atoms with Gasteiger partial charge in [-0.3, -0.25) is 4.72 Å². The second-order valence-electron chi connectivity index (χ2n) is 5.16. The van der Waals surface area contributed by atoms with Gasteiger partial charge in [-0.25, -0.2) is 8.42 Å². The van der Waals surface area contributed by atoms with E-state index in [1.54, 1.807) is 18.2 Å². The fraction of sp³-hybridized carbons (Fsp3) is 0.333. The minimum absolute atomic E-state index is 0.0763. The molecule has 2 aromatic rings. The van der Waals surface area contributed by atoms with Crippen LogP contribution in [0.4, 0.5) is 17.3 Å². The van der Waals surface area contributed by atoms with Gasteiger partial charge in [0.2, 0.25) is 10.0 Å². The molecule has 0 saturated carbocycles. The Morgan fingerprint density at radius 1 is 1.13 bits per heavy atom. The van der Waals surface area contributed by atoms with Gasteiger partial charge in [-0.1, -0.05) is 31.0 Å². The van der Waals surface area contributed by atoms with Gasteiger partial charge in [-0.05, 0) is 43.2 Å². The monoisotopic (exact) mass is 354 g/mol. The number of benzene rings is 1. The summed E-state index contributed by atoms with van der Waals surface area (Å²) in [5.74, 6) is 0.786. The third-order valence-corrected chi connectivity index (χ3v) is 4.73. The van der Waals surface area contributed by atoms with E-state index in [-0.39, 0.29) is 11.6 Å². The molecule has 1 aromatic carbocycles. The largest absolute Gasteiger partial charge is 0.338 e. The molecule has 2 N–H and O–H groups in total. The molecule has 0 bridgehead atoms. The molecule has 0 aliphatic rings. The summed E-state index contributed by atoms with van der Waals surface area (Å²) in [7, 11) is -3.37. The van der Waals surface area contributed by atoms with Crippen LogP contribution in [-0.2, 0) is 10.0 Å². The van der Waals surface area contributed by atoms with Gasteiger partial charge in [0, 0.05) is 10.7 Å². The molecule has 23 heavy (non-hydrogen) atoms. The zero-order valence-corrected chi connectivity index (χ0v) is 14.6. The van der Waals surface area contributed by atoms with Crippen molar-refractivity contribution in [3.05, 3.63) is 40.9 Å². The lowest BCUT2D eigenvalue weighted by Gasteiger charge is -2.10. The summed E-state index contributed by atoms with van der Waals surface area (Å²) in [5, 5.41) is 11.6. The average Bonchev–Trinajstić information content (AvgIpc) is 2.51. The summed E-state index contributed by atoms with van der Waals surface area (Å²) >= 11 is 5.97. The second-order valence-corrected chi connectivity index (χ2v) is 7.44. The number of nitrogens with one attached hydrogen (secondary N) is 2. The van der Waals surface area contributed by atoms with Crippen LogP contribution in [0.3, 0.4) is 0 Å². The molecule has 0 radical (unpaired) electrons. The third kappa shape index (κ3) is 5.37. The van der Waals surface area contributed by atoms with Gasteiger partial charge in [0.05, 0.1) is 5.75 Å². The lowest BCUT2D eigenvalue weighted by atomic mass is 10.2. The molecule has 0 amide bonds.